The summed E-state index contributed by atoms with van der Waals surface area (Å²) in [6, 6.07) is 10.2. The molecule has 0 atom stereocenters. The highest BCUT2D eigenvalue weighted by Crippen LogP contribution is 2.27. The summed E-state index contributed by atoms with van der Waals surface area (Å²) >= 11 is 0. The van der Waals surface area contributed by atoms with Gasteiger partial charge in [-0.05, 0) is 17.7 Å². The normalized spacial score (nSPS) is 11.6. The van der Waals surface area contributed by atoms with Crippen molar-refractivity contribution in [1.29, 1.82) is 0 Å². The number of rotatable bonds is 3. The van der Waals surface area contributed by atoms with Gasteiger partial charge in [-0.3, -0.25) is 4.98 Å². The topological polar surface area (TPSA) is 50.7 Å². The molecule has 3 rings (SSSR count). The van der Waals surface area contributed by atoms with E-state index in [9.17, 15) is 13.2 Å². The average Bonchev–Trinajstić information content (AvgIpc) is 2.52. The van der Waals surface area contributed by atoms with E-state index in [1.165, 1.54) is 0 Å². The van der Waals surface area contributed by atoms with Crippen molar-refractivity contribution in [2.24, 2.45) is 0 Å². The van der Waals surface area contributed by atoms with E-state index in [-0.39, 0.29) is 12.5 Å². The van der Waals surface area contributed by atoms with E-state index in [2.05, 4.69) is 20.3 Å². The fraction of sp³-hybridized carbons (Fsp3) is 0.133. The Bertz CT molecular complexity index is 797. The van der Waals surface area contributed by atoms with Crippen molar-refractivity contribution in [2.45, 2.75) is 12.7 Å². The van der Waals surface area contributed by atoms with Crippen molar-refractivity contribution < 1.29 is 13.2 Å². The number of para-hydroxylation sites is 1. The highest BCUT2D eigenvalue weighted by Gasteiger charge is 2.32. The number of hydrogen-bond acceptors (Lipinski definition) is 4. The molecule has 0 bridgehead atoms. The van der Waals surface area contributed by atoms with E-state index in [1.54, 1.807) is 6.20 Å². The van der Waals surface area contributed by atoms with E-state index in [0.717, 1.165) is 28.7 Å². The second kappa shape index (κ2) is 5.59. The van der Waals surface area contributed by atoms with E-state index in [0.29, 0.717) is 0 Å². The number of nitrogens with one attached hydrogen (secondary N) is 1. The second-order valence-corrected chi connectivity index (χ2v) is 4.61. The highest BCUT2D eigenvalue weighted by molar-refractivity contribution is 5.81. The Morgan fingerprint density at radius 1 is 0.955 bits per heavy atom. The minimum absolute atomic E-state index is 0.0669. The summed E-state index contributed by atoms with van der Waals surface area (Å²) in [7, 11) is 0. The molecule has 0 aliphatic rings. The lowest BCUT2D eigenvalue weighted by atomic mass is 10.1. The van der Waals surface area contributed by atoms with Crippen molar-refractivity contribution in [2.75, 3.05) is 5.32 Å². The third kappa shape index (κ3) is 2.98. The van der Waals surface area contributed by atoms with Gasteiger partial charge in [-0.1, -0.05) is 24.3 Å². The monoisotopic (exact) mass is 304 g/mol. The molecule has 7 heteroatoms. The van der Waals surface area contributed by atoms with Gasteiger partial charge in [-0.25, -0.2) is 9.97 Å². The smallest absolute Gasteiger partial charge is 0.350 e. The van der Waals surface area contributed by atoms with Crippen molar-refractivity contribution in [1.82, 2.24) is 15.0 Å². The number of pyridine rings is 1. The van der Waals surface area contributed by atoms with Gasteiger partial charge in [0.2, 0.25) is 5.95 Å². The Kier molecular flexibility index (Phi) is 3.62. The summed E-state index contributed by atoms with van der Waals surface area (Å²) in [6.07, 6.45) is -1.73. The first-order valence-electron chi connectivity index (χ1n) is 6.51. The summed E-state index contributed by atoms with van der Waals surface area (Å²) in [6.45, 7) is 0.287. The van der Waals surface area contributed by atoms with Crippen LogP contribution in [0.15, 0.2) is 48.8 Å². The Morgan fingerprint density at radius 2 is 1.77 bits per heavy atom. The van der Waals surface area contributed by atoms with Gasteiger partial charge in [0, 0.05) is 24.3 Å². The third-order valence-corrected chi connectivity index (χ3v) is 3.10. The molecule has 0 radical (unpaired) electrons. The Labute approximate surface area is 124 Å². The number of aromatic nitrogens is 3. The van der Waals surface area contributed by atoms with Gasteiger partial charge in [-0.15, -0.1) is 0 Å². The molecule has 22 heavy (non-hydrogen) atoms. The Morgan fingerprint density at radius 3 is 2.59 bits per heavy atom. The molecule has 4 nitrogen and oxygen atoms in total. The molecule has 0 amide bonds. The molecule has 0 spiro atoms. The first-order valence-corrected chi connectivity index (χ1v) is 6.51. The molecule has 1 aromatic carbocycles. The largest absolute Gasteiger partial charge is 0.433 e. The summed E-state index contributed by atoms with van der Waals surface area (Å²) < 4.78 is 37.8. The lowest BCUT2D eigenvalue weighted by molar-refractivity contribution is -0.141. The third-order valence-electron chi connectivity index (χ3n) is 3.10. The predicted octanol–water partition coefficient (Wildman–Crippen LogP) is 3.66. The van der Waals surface area contributed by atoms with Gasteiger partial charge in [0.1, 0.15) is 5.69 Å². The summed E-state index contributed by atoms with van der Waals surface area (Å²) in [4.78, 5) is 11.6. The van der Waals surface area contributed by atoms with Crippen LogP contribution in [0.25, 0.3) is 10.9 Å². The fourth-order valence-corrected chi connectivity index (χ4v) is 2.09. The number of alkyl halides is 3. The minimum Gasteiger partial charge on any atom is -0.350 e. The molecular weight excluding hydrogens is 293 g/mol. The van der Waals surface area contributed by atoms with Crippen molar-refractivity contribution in [3.8, 4) is 0 Å². The van der Waals surface area contributed by atoms with Crippen LogP contribution >= 0.6 is 0 Å². The Hall–Kier alpha value is -2.70. The number of hydrogen-bond donors (Lipinski definition) is 1. The number of nitrogens with zero attached hydrogens (tertiary/aromatic N) is 3. The van der Waals surface area contributed by atoms with Crippen LogP contribution in [0.1, 0.15) is 11.3 Å². The first-order chi connectivity index (χ1) is 10.5. The van der Waals surface area contributed by atoms with Crippen LogP contribution in [-0.2, 0) is 12.7 Å². The molecule has 2 aromatic heterocycles. The molecule has 2 heterocycles. The van der Waals surface area contributed by atoms with Crippen LogP contribution < -0.4 is 5.32 Å². The van der Waals surface area contributed by atoms with Crippen LogP contribution in [0.4, 0.5) is 19.1 Å². The van der Waals surface area contributed by atoms with E-state index < -0.39 is 11.9 Å². The maximum Gasteiger partial charge on any atom is 0.433 e. The lowest BCUT2D eigenvalue weighted by Gasteiger charge is -2.09. The molecule has 0 saturated carbocycles. The number of halogens is 3. The van der Waals surface area contributed by atoms with Crippen LogP contribution in [-0.4, -0.2) is 15.0 Å². The SMILES string of the molecule is FC(F)(F)c1ccnc(NCc2cccc3cccnc23)n1. The van der Waals surface area contributed by atoms with E-state index in [1.807, 2.05) is 30.3 Å². The van der Waals surface area contributed by atoms with Crippen LogP contribution in [0.3, 0.4) is 0 Å². The molecule has 0 fully saturated rings. The van der Waals surface area contributed by atoms with Crippen LogP contribution in [0, 0.1) is 0 Å². The Balaban J connectivity index is 1.83. The van der Waals surface area contributed by atoms with Crippen LogP contribution in [0.5, 0.6) is 0 Å². The number of anilines is 1. The van der Waals surface area contributed by atoms with E-state index in [4.69, 9.17) is 0 Å². The van der Waals surface area contributed by atoms with Crippen molar-refractivity contribution >= 4 is 16.9 Å². The molecule has 0 aliphatic heterocycles. The van der Waals surface area contributed by atoms with Gasteiger partial charge in [0.05, 0.1) is 5.52 Å². The predicted molar refractivity (Wildman–Crippen MR) is 76.1 cm³/mol. The maximum atomic E-state index is 12.6. The van der Waals surface area contributed by atoms with Gasteiger partial charge in [0.25, 0.3) is 0 Å². The zero-order valence-corrected chi connectivity index (χ0v) is 11.3. The average molecular weight is 304 g/mol. The molecule has 0 saturated heterocycles. The van der Waals surface area contributed by atoms with Crippen LogP contribution in [0.2, 0.25) is 0 Å². The van der Waals surface area contributed by atoms with Gasteiger partial charge >= 0.3 is 6.18 Å². The van der Waals surface area contributed by atoms with Gasteiger partial charge < -0.3 is 5.32 Å². The first kappa shape index (κ1) is 14.2. The summed E-state index contributed by atoms with van der Waals surface area (Å²) in [5.74, 6) is -0.0669. The quantitative estimate of drug-likeness (QED) is 0.802. The number of fused-ring (bicyclic) bond motifs is 1. The fourth-order valence-electron chi connectivity index (χ4n) is 2.09. The molecule has 0 aliphatic carbocycles. The highest BCUT2D eigenvalue weighted by atomic mass is 19.4. The molecule has 112 valence electrons. The zero-order valence-electron chi connectivity index (χ0n) is 11.3. The maximum absolute atomic E-state index is 12.6. The summed E-state index contributed by atoms with van der Waals surface area (Å²) in [5, 5.41) is 3.77. The zero-order chi connectivity index (χ0) is 15.6. The standard InChI is InChI=1S/C15H11F3N4/c16-15(17,18)12-6-8-20-14(22-12)21-9-11-4-1-3-10-5-2-7-19-13(10)11/h1-8H,9H2,(H,20,21,22). The van der Waals surface area contributed by atoms with E-state index >= 15 is 0 Å². The minimum atomic E-state index is -4.49. The summed E-state index contributed by atoms with van der Waals surface area (Å²) in [5.41, 5.74) is 0.685. The second-order valence-electron chi connectivity index (χ2n) is 4.61. The molecule has 3 aromatic rings. The van der Waals surface area contributed by atoms with Gasteiger partial charge in [0.15, 0.2) is 0 Å². The van der Waals surface area contributed by atoms with Crippen molar-refractivity contribution in [3.63, 3.8) is 0 Å². The molecular formula is C15H11F3N4. The molecule has 0 unspecified atom stereocenters. The molecule has 1 N–H and O–H groups in total. The number of benzene rings is 1. The lowest BCUT2D eigenvalue weighted by Crippen LogP contribution is -2.11. The van der Waals surface area contributed by atoms with Gasteiger partial charge in [-0.2, -0.15) is 13.2 Å². The van der Waals surface area contributed by atoms with Crippen molar-refractivity contribution in [3.05, 3.63) is 60.0 Å².